The van der Waals surface area contributed by atoms with Gasteiger partial charge in [-0.25, -0.2) is 0 Å². The standard InChI is InChI=1S/C29H35NO4/c1-4-5-17-33-28-14-13-24(32)29(19-20-9-7-6-8-10-20)27(28)15-16-30(2,3)23(28)18-21-11-12-22(31)26(34-29)25(21)27/h6-12,23H,4-5,13-19H2,1-3H3/p+1/t23?,27-,28-,29?/m1/s1. The fourth-order valence-electron chi connectivity index (χ4n) is 8.03. The number of phenols is 1. The van der Waals surface area contributed by atoms with Crippen LogP contribution in [0.3, 0.4) is 0 Å². The second-order valence-electron chi connectivity index (χ2n) is 11.4. The Bertz CT molecular complexity index is 1140. The molecule has 2 aromatic carbocycles. The monoisotopic (exact) mass is 462 g/mol. The number of aromatic hydroxyl groups is 1. The summed E-state index contributed by atoms with van der Waals surface area (Å²) in [5.41, 5.74) is 1.20. The Morgan fingerprint density at radius 2 is 1.94 bits per heavy atom. The van der Waals surface area contributed by atoms with Crippen molar-refractivity contribution >= 4 is 5.78 Å². The van der Waals surface area contributed by atoms with Gasteiger partial charge >= 0.3 is 0 Å². The molecule has 5 nitrogen and oxygen atoms in total. The SMILES string of the molecule is CCCCO[C@@]12CCC(=O)C3(Cc4ccccc4)Oc4c(O)ccc5c4[C@@]31CC[N+](C)(C)C2C5. The fourth-order valence-corrected chi connectivity index (χ4v) is 8.03. The summed E-state index contributed by atoms with van der Waals surface area (Å²) in [6.07, 6.45) is 5.42. The van der Waals surface area contributed by atoms with E-state index in [2.05, 4.69) is 39.2 Å². The number of unbranched alkanes of at least 4 members (excludes halogenated alkanes) is 1. The third-order valence-corrected chi connectivity index (χ3v) is 9.52. The Balaban J connectivity index is 1.65. The van der Waals surface area contributed by atoms with Crippen LogP contribution in [0.1, 0.15) is 55.7 Å². The van der Waals surface area contributed by atoms with E-state index in [1.54, 1.807) is 6.07 Å². The predicted octanol–water partition coefficient (Wildman–Crippen LogP) is 4.33. The molecule has 2 heterocycles. The largest absolute Gasteiger partial charge is 0.504 e. The lowest BCUT2D eigenvalue weighted by molar-refractivity contribution is -0.932. The van der Waals surface area contributed by atoms with Crippen LogP contribution < -0.4 is 4.74 Å². The number of hydrogen-bond acceptors (Lipinski definition) is 4. The maximum atomic E-state index is 14.1. The van der Waals surface area contributed by atoms with Gasteiger partial charge in [-0.05, 0) is 30.0 Å². The van der Waals surface area contributed by atoms with E-state index >= 15 is 0 Å². The number of ketones is 1. The quantitative estimate of drug-likeness (QED) is 0.513. The van der Waals surface area contributed by atoms with E-state index in [0.717, 1.165) is 54.3 Å². The Morgan fingerprint density at radius 3 is 2.71 bits per heavy atom. The molecule has 2 aliphatic heterocycles. The summed E-state index contributed by atoms with van der Waals surface area (Å²) in [4.78, 5) is 14.1. The lowest BCUT2D eigenvalue weighted by Crippen LogP contribution is -2.84. The van der Waals surface area contributed by atoms with Gasteiger partial charge in [0.2, 0.25) is 0 Å². The molecule has 1 saturated heterocycles. The molecule has 0 aromatic heterocycles. The lowest BCUT2D eigenvalue weighted by Gasteiger charge is -2.67. The highest BCUT2D eigenvalue weighted by Gasteiger charge is 2.82. The van der Waals surface area contributed by atoms with E-state index < -0.39 is 16.6 Å². The van der Waals surface area contributed by atoms with Gasteiger partial charge in [-0.1, -0.05) is 49.7 Å². The van der Waals surface area contributed by atoms with Crippen molar-refractivity contribution in [2.45, 2.75) is 74.5 Å². The highest BCUT2D eigenvalue weighted by molar-refractivity contribution is 5.94. The molecule has 2 bridgehead atoms. The van der Waals surface area contributed by atoms with Crippen LogP contribution in [0.5, 0.6) is 11.5 Å². The minimum atomic E-state index is -1.06. The van der Waals surface area contributed by atoms with Gasteiger partial charge in [0.25, 0.3) is 0 Å². The van der Waals surface area contributed by atoms with Crippen molar-refractivity contribution < 1.29 is 23.9 Å². The van der Waals surface area contributed by atoms with Gasteiger partial charge in [0.15, 0.2) is 22.9 Å². The third kappa shape index (κ3) is 2.55. The maximum absolute atomic E-state index is 14.1. The number of hydrogen-bond donors (Lipinski definition) is 1. The smallest absolute Gasteiger partial charge is 0.184 e. The second-order valence-corrected chi connectivity index (χ2v) is 11.4. The molecule has 0 amide bonds. The van der Waals surface area contributed by atoms with Gasteiger partial charge in [-0.15, -0.1) is 0 Å². The first-order chi connectivity index (χ1) is 16.3. The van der Waals surface area contributed by atoms with E-state index in [9.17, 15) is 9.90 Å². The van der Waals surface area contributed by atoms with Crippen molar-refractivity contribution in [1.29, 1.82) is 0 Å². The zero-order chi connectivity index (χ0) is 23.8. The first-order valence-corrected chi connectivity index (χ1v) is 12.9. The molecule has 1 spiro atoms. The van der Waals surface area contributed by atoms with Crippen LogP contribution in [0.2, 0.25) is 0 Å². The molecule has 180 valence electrons. The highest BCUT2D eigenvalue weighted by Crippen LogP contribution is 2.70. The minimum Gasteiger partial charge on any atom is -0.504 e. The van der Waals surface area contributed by atoms with Gasteiger partial charge in [0.1, 0.15) is 11.6 Å². The molecule has 6 rings (SSSR count). The van der Waals surface area contributed by atoms with Crippen LogP contribution in [0.15, 0.2) is 42.5 Å². The summed E-state index contributed by atoms with van der Waals surface area (Å²) in [6, 6.07) is 14.3. The minimum absolute atomic E-state index is 0.142. The molecule has 2 fully saturated rings. The van der Waals surface area contributed by atoms with Gasteiger partial charge in [-0.2, -0.15) is 0 Å². The molecule has 0 radical (unpaired) electrons. The summed E-state index contributed by atoms with van der Waals surface area (Å²) in [5, 5.41) is 11.0. The number of carbonyl (C=O) groups is 1. The summed E-state index contributed by atoms with van der Waals surface area (Å²) in [5.74, 6) is 0.821. The number of likely N-dealkylation sites (N-methyl/N-ethyl adjacent to an activating group) is 1. The van der Waals surface area contributed by atoms with Crippen molar-refractivity contribution in [3.8, 4) is 11.5 Å². The van der Waals surface area contributed by atoms with Crippen LogP contribution >= 0.6 is 0 Å². The van der Waals surface area contributed by atoms with Crippen LogP contribution in [0.4, 0.5) is 0 Å². The highest BCUT2D eigenvalue weighted by atomic mass is 16.5. The van der Waals surface area contributed by atoms with Crippen molar-refractivity contribution in [3.05, 3.63) is 59.2 Å². The molecule has 2 aliphatic carbocycles. The molecule has 4 aliphatic rings. The number of phenolic OH excluding ortho intramolecular Hbond substituents is 1. The molecule has 4 atom stereocenters. The first-order valence-electron chi connectivity index (χ1n) is 12.9. The Kier molecular flexibility index (Phi) is 4.76. The number of ether oxygens (including phenoxy) is 2. The summed E-state index contributed by atoms with van der Waals surface area (Å²) < 4.78 is 14.8. The number of piperidine rings is 1. The summed E-state index contributed by atoms with van der Waals surface area (Å²) >= 11 is 0. The zero-order valence-corrected chi connectivity index (χ0v) is 20.6. The van der Waals surface area contributed by atoms with Gasteiger partial charge in [0.05, 0.1) is 26.1 Å². The molecule has 1 saturated carbocycles. The van der Waals surface area contributed by atoms with E-state index in [0.29, 0.717) is 25.2 Å². The number of carbonyl (C=O) groups excluding carboxylic acids is 1. The van der Waals surface area contributed by atoms with Crippen LogP contribution in [0.25, 0.3) is 0 Å². The van der Waals surface area contributed by atoms with E-state index in [-0.39, 0.29) is 17.6 Å². The van der Waals surface area contributed by atoms with Gasteiger partial charge in [0, 0.05) is 37.9 Å². The second kappa shape index (κ2) is 7.32. The normalized spacial score (nSPS) is 34.4. The number of quaternary nitrogens is 1. The lowest BCUT2D eigenvalue weighted by atomic mass is 9.43. The molecule has 5 heteroatoms. The summed E-state index contributed by atoms with van der Waals surface area (Å²) in [6.45, 7) is 3.83. The molecular weight excluding hydrogens is 426 g/mol. The van der Waals surface area contributed by atoms with E-state index in [1.807, 2.05) is 18.2 Å². The molecule has 1 N–H and O–H groups in total. The topological polar surface area (TPSA) is 55.8 Å². The Hall–Kier alpha value is -2.37. The van der Waals surface area contributed by atoms with E-state index in [1.165, 1.54) is 5.56 Å². The van der Waals surface area contributed by atoms with Crippen molar-refractivity contribution in [1.82, 2.24) is 0 Å². The average Bonchev–Trinajstić information content (AvgIpc) is 3.13. The number of rotatable bonds is 6. The molecule has 2 aromatic rings. The molecule has 34 heavy (non-hydrogen) atoms. The zero-order valence-electron chi connectivity index (χ0n) is 20.6. The average molecular weight is 463 g/mol. The number of Topliss-reactive ketones (excluding diaryl/α,β-unsaturated/α-hetero) is 1. The van der Waals surface area contributed by atoms with Gasteiger partial charge < -0.3 is 19.1 Å². The summed E-state index contributed by atoms with van der Waals surface area (Å²) in [7, 11) is 4.64. The van der Waals surface area contributed by atoms with Crippen LogP contribution in [0, 0.1) is 0 Å². The van der Waals surface area contributed by atoms with E-state index in [4.69, 9.17) is 9.47 Å². The van der Waals surface area contributed by atoms with Crippen molar-refractivity contribution in [2.24, 2.45) is 0 Å². The van der Waals surface area contributed by atoms with Crippen molar-refractivity contribution in [3.63, 3.8) is 0 Å². The fraction of sp³-hybridized carbons (Fsp3) is 0.552. The number of benzene rings is 2. The number of nitrogens with zero attached hydrogens (tertiary/aromatic N) is 1. The first kappa shape index (κ1) is 22.1. The van der Waals surface area contributed by atoms with Gasteiger partial charge in [-0.3, -0.25) is 4.79 Å². The Morgan fingerprint density at radius 1 is 1.15 bits per heavy atom. The van der Waals surface area contributed by atoms with Crippen LogP contribution in [-0.4, -0.2) is 59.9 Å². The maximum Gasteiger partial charge on any atom is 0.184 e. The molecular formula is C29H36NO4+. The third-order valence-electron chi connectivity index (χ3n) is 9.52. The van der Waals surface area contributed by atoms with Crippen LogP contribution in [-0.2, 0) is 27.8 Å². The predicted molar refractivity (Wildman–Crippen MR) is 130 cm³/mol. The Labute approximate surface area is 202 Å². The molecule has 2 unspecified atom stereocenters. The van der Waals surface area contributed by atoms with Crippen molar-refractivity contribution in [2.75, 3.05) is 27.2 Å². The number of likely N-dealkylation sites (tertiary alicyclic amines) is 1.